The van der Waals surface area contributed by atoms with Crippen LogP contribution in [0.25, 0.3) is 27.3 Å². The van der Waals surface area contributed by atoms with Crippen LogP contribution in [-0.4, -0.2) is 21.4 Å². The summed E-state index contributed by atoms with van der Waals surface area (Å²) in [5.41, 5.74) is 12.1. The zero-order valence-corrected chi connectivity index (χ0v) is 36.8. The van der Waals surface area contributed by atoms with Gasteiger partial charge in [-0.25, -0.2) is 4.98 Å². The van der Waals surface area contributed by atoms with Gasteiger partial charge in [-0.05, 0) is 59.9 Å². The first-order valence-electron chi connectivity index (χ1n) is 20.0. The van der Waals surface area contributed by atoms with Gasteiger partial charge in [0, 0.05) is 51.6 Å². The molecule has 0 N–H and O–H groups in total. The maximum absolute atomic E-state index is 6.88. The van der Waals surface area contributed by atoms with E-state index >= 15 is 0 Å². The van der Waals surface area contributed by atoms with Crippen LogP contribution in [0.2, 0.25) is 0 Å². The van der Waals surface area contributed by atoms with Gasteiger partial charge in [0.05, 0.1) is 11.3 Å². The standard InChI is InChI=1S/C50H46BN5O.Pt/c1-31-16-13-17-32(2)44(31)51-55(34-18-11-10-12-19-34)42-22-15-25-52-47(42)56(51)35-26-33(48(3,4)5)27-37(28-35)57-36-23-24-38-39-20-14-21-41-45(39)54-43(50(8,9)49(41,6)7)30-53-46(54)40(38)29-36;/h10-27,30H,1-9H3;/q-2;+2. The normalized spacial score (nSPS) is 15.4. The topological polar surface area (TPSA) is 45.9 Å². The fraction of sp³-hybridized carbons (Fsp3) is 0.240. The first-order valence-corrected chi connectivity index (χ1v) is 20.0. The summed E-state index contributed by atoms with van der Waals surface area (Å²) in [6.07, 6.45) is 3.94. The fourth-order valence-electron chi connectivity index (χ4n) is 9.29. The van der Waals surface area contributed by atoms with Gasteiger partial charge in [-0.1, -0.05) is 137 Å². The predicted octanol–water partition coefficient (Wildman–Crippen LogP) is 11.6. The van der Waals surface area contributed by atoms with Crippen molar-refractivity contribution in [2.45, 2.75) is 78.6 Å². The number of imidazole rings is 1. The minimum absolute atomic E-state index is 0. The van der Waals surface area contributed by atoms with Gasteiger partial charge < -0.3 is 18.8 Å². The van der Waals surface area contributed by atoms with Crippen LogP contribution in [0.1, 0.15) is 76.4 Å². The van der Waals surface area contributed by atoms with E-state index in [1.807, 2.05) is 18.3 Å². The van der Waals surface area contributed by atoms with Crippen molar-refractivity contribution in [3.63, 3.8) is 0 Å². The van der Waals surface area contributed by atoms with E-state index in [2.05, 4.69) is 186 Å². The van der Waals surface area contributed by atoms with E-state index in [0.717, 1.165) is 44.9 Å². The summed E-state index contributed by atoms with van der Waals surface area (Å²) in [5.74, 6) is 2.11. The Labute approximate surface area is 356 Å². The number of para-hydroxylation sites is 2. The van der Waals surface area contributed by atoms with Crippen LogP contribution in [0.15, 0.2) is 116 Å². The Hall–Kier alpha value is -5.39. The molecule has 290 valence electrons. The van der Waals surface area contributed by atoms with Crippen molar-refractivity contribution in [3.05, 3.63) is 156 Å². The summed E-state index contributed by atoms with van der Waals surface area (Å²) in [5, 5.41) is 3.26. The van der Waals surface area contributed by atoms with Crippen LogP contribution < -0.4 is 19.8 Å². The van der Waals surface area contributed by atoms with Crippen LogP contribution in [0.3, 0.4) is 0 Å². The number of hydrogen-bond acceptors (Lipinski definition) is 5. The maximum Gasteiger partial charge on any atom is 2.00 e. The predicted molar refractivity (Wildman–Crippen MR) is 235 cm³/mol. The van der Waals surface area contributed by atoms with Gasteiger partial charge in [-0.2, -0.15) is 0 Å². The molecule has 0 radical (unpaired) electrons. The van der Waals surface area contributed by atoms with Crippen LogP contribution in [0, 0.1) is 26.0 Å². The van der Waals surface area contributed by atoms with Gasteiger partial charge in [-0.15, -0.1) is 35.9 Å². The van der Waals surface area contributed by atoms with Crippen LogP contribution in [0.5, 0.6) is 11.5 Å². The molecule has 10 rings (SSSR count). The molecule has 8 heteroatoms. The van der Waals surface area contributed by atoms with E-state index in [1.165, 1.54) is 38.8 Å². The van der Waals surface area contributed by atoms with Gasteiger partial charge in [-0.3, -0.25) is 4.98 Å². The Morgan fingerprint density at radius 3 is 2.19 bits per heavy atom. The number of aryl methyl sites for hydroxylation is 2. The van der Waals surface area contributed by atoms with Crippen molar-refractivity contribution < 1.29 is 25.8 Å². The third kappa shape index (κ3) is 5.49. The molecule has 2 aliphatic rings. The number of ether oxygens (including phenoxy) is 1. The second-order valence-electron chi connectivity index (χ2n) is 17.9. The molecule has 0 aliphatic carbocycles. The second kappa shape index (κ2) is 13.3. The Bertz CT molecular complexity index is 2910. The zero-order chi connectivity index (χ0) is 39.6. The molecule has 0 atom stereocenters. The van der Waals surface area contributed by atoms with Crippen molar-refractivity contribution in [1.29, 1.82) is 0 Å². The molecule has 5 aromatic carbocycles. The average molecular weight is 939 g/mol. The third-order valence-electron chi connectivity index (χ3n) is 13.1. The van der Waals surface area contributed by atoms with E-state index in [4.69, 9.17) is 14.7 Å². The van der Waals surface area contributed by atoms with E-state index in [-0.39, 0.29) is 44.3 Å². The summed E-state index contributed by atoms with van der Waals surface area (Å²) in [7, 11) is 0. The summed E-state index contributed by atoms with van der Waals surface area (Å²) in [4.78, 5) is 14.9. The monoisotopic (exact) mass is 938 g/mol. The number of benzene rings is 5. The summed E-state index contributed by atoms with van der Waals surface area (Å²) >= 11 is 0. The number of pyridine rings is 2. The molecule has 0 unspecified atom stereocenters. The van der Waals surface area contributed by atoms with Crippen molar-refractivity contribution in [1.82, 2.24) is 14.4 Å². The maximum atomic E-state index is 6.88. The SMILES string of the molecule is Cc1cccc(C)c1B1N(c2ccccc2)c2cccnc2N1c1[c-]c(Oc2[c-]c3c(cc2)c2cccc4c2n2c(cnc32)C(C)(C)C4(C)C)cc(C(C)(C)C)c1.[Pt+2]. The quantitative estimate of drug-likeness (QED) is 0.0977. The first kappa shape index (κ1) is 38.1. The van der Waals surface area contributed by atoms with Gasteiger partial charge in [0.15, 0.2) is 0 Å². The number of fused-ring (bicyclic) bond motifs is 4. The molecule has 0 spiro atoms. The number of hydrogen-bond donors (Lipinski definition) is 0. The molecule has 5 heterocycles. The molecule has 6 nitrogen and oxygen atoms in total. The Kier molecular flexibility index (Phi) is 8.76. The van der Waals surface area contributed by atoms with E-state index in [1.54, 1.807) is 0 Å². The van der Waals surface area contributed by atoms with Crippen molar-refractivity contribution in [2.75, 3.05) is 9.62 Å². The molecular formula is C50H46BN5OPt. The minimum Gasteiger partial charge on any atom is -0.503 e. The Balaban J connectivity index is 0.00000436. The van der Waals surface area contributed by atoms with E-state index in [9.17, 15) is 0 Å². The van der Waals surface area contributed by atoms with Gasteiger partial charge in [0.2, 0.25) is 0 Å². The molecular weight excluding hydrogens is 892 g/mol. The van der Waals surface area contributed by atoms with E-state index < -0.39 is 0 Å². The van der Waals surface area contributed by atoms with E-state index in [0.29, 0.717) is 11.5 Å². The molecule has 2 aliphatic heterocycles. The Morgan fingerprint density at radius 2 is 1.45 bits per heavy atom. The molecule has 8 aromatic rings. The van der Waals surface area contributed by atoms with Crippen molar-refractivity contribution in [3.8, 4) is 11.5 Å². The zero-order valence-electron chi connectivity index (χ0n) is 34.5. The van der Waals surface area contributed by atoms with Crippen LogP contribution in [0.4, 0.5) is 22.9 Å². The molecule has 0 saturated carbocycles. The number of rotatable bonds is 5. The van der Waals surface area contributed by atoms with Gasteiger partial charge in [0.1, 0.15) is 5.82 Å². The molecule has 3 aromatic heterocycles. The number of aromatic nitrogens is 3. The summed E-state index contributed by atoms with van der Waals surface area (Å²) in [6.45, 7) is 20.3. The third-order valence-corrected chi connectivity index (χ3v) is 13.1. The van der Waals surface area contributed by atoms with Crippen LogP contribution >= 0.6 is 0 Å². The second-order valence-corrected chi connectivity index (χ2v) is 17.9. The van der Waals surface area contributed by atoms with Crippen molar-refractivity contribution in [2.24, 2.45) is 0 Å². The Morgan fingerprint density at radius 1 is 0.707 bits per heavy atom. The van der Waals surface area contributed by atoms with Gasteiger partial charge in [0.25, 0.3) is 0 Å². The molecule has 0 bridgehead atoms. The van der Waals surface area contributed by atoms with Gasteiger partial charge >= 0.3 is 28.0 Å². The van der Waals surface area contributed by atoms with Crippen LogP contribution in [-0.2, 0) is 37.3 Å². The molecule has 0 amide bonds. The fourth-order valence-corrected chi connectivity index (χ4v) is 9.29. The molecule has 58 heavy (non-hydrogen) atoms. The summed E-state index contributed by atoms with van der Waals surface area (Å²) in [6, 6.07) is 44.1. The number of anilines is 4. The first-order chi connectivity index (χ1) is 27.3. The average Bonchev–Trinajstić information content (AvgIpc) is 3.79. The minimum atomic E-state index is -0.223. The van der Waals surface area contributed by atoms with Crippen molar-refractivity contribution >= 4 is 62.6 Å². The largest absolute Gasteiger partial charge is 2.00 e. The number of nitrogens with zero attached hydrogens (tertiary/aromatic N) is 5. The smallest absolute Gasteiger partial charge is 0.503 e. The molecule has 0 saturated heterocycles. The summed E-state index contributed by atoms with van der Waals surface area (Å²) < 4.78 is 9.25. The molecule has 0 fully saturated rings.